The van der Waals surface area contributed by atoms with E-state index in [0.717, 1.165) is 0 Å². The number of rotatable bonds is 4. The first-order valence-electron chi connectivity index (χ1n) is 6.01. The zero-order valence-electron chi connectivity index (χ0n) is 9.77. The predicted octanol–water partition coefficient (Wildman–Crippen LogP) is 3.97. The van der Waals surface area contributed by atoms with Crippen molar-refractivity contribution in [3.05, 3.63) is 71.8 Å². The second-order valence-electron chi connectivity index (χ2n) is 4.16. The summed E-state index contributed by atoms with van der Waals surface area (Å²) in [7, 11) is 0. The number of hydrogen-bond acceptors (Lipinski definition) is 0. The Bertz CT molecular complexity index is 369. The van der Waals surface area contributed by atoms with Crippen molar-refractivity contribution in [2.75, 3.05) is 0 Å². The van der Waals surface area contributed by atoms with Crippen LogP contribution >= 0.6 is 0 Å². The van der Waals surface area contributed by atoms with Gasteiger partial charge in [-0.2, -0.15) is 0 Å². The Kier molecular flexibility index (Phi) is 6.12. The standard InChI is InChI=1S/C16H18.Li.H/c1-2-9-16(14-10-5-3-6-11-14)15-12-7-4-8-13-15;;/h3-8,10-13,16H,2,9H2,1H3;;. The van der Waals surface area contributed by atoms with Crippen LogP contribution in [0.25, 0.3) is 0 Å². The van der Waals surface area contributed by atoms with E-state index in [4.69, 9.17) is 0 Å². The van der Waals surface area contributed by atoms with E-state index in [1.165, 1.54) is 24.0 Å². The fourth-order valence-corrected chi connectivity index (χ4v) is 2.19. The Hall–Kier alpha value is -0.963. The van der Waals surface area contributed by atoms with Crippen LogP contribution in [0.3, 0.4) is 0 Å². The Morgan fingerprint density at radius 2 is 1.18 bits per heavy atom. The Labute approximate surface area is 116 Å². The molecule has 2 aromatic rings. The molecule has 2 rings (SSSR count). The second kappa shape index (κ2) is 7.38. The van der Waals surface area contributed by atoms with Gasteiger partial charge in [0.25, 0.3) is 0 Å². The van der Waals surface area contributed by atoms with Gasteiger partial charge in [-0.15, -0.1) is 0 Å². The average Bonchev–Trinajstić information content (AvgIpc) is 2.38. The summed E-state index contributed by atoms with van der Waals surface area (Å²) in [5.74, 6) is 0.549. The molecule has 0 nitrogen and oxygen atoms in total. The minimum absolute atomic E-state index is 0. The van der Waals surface area contributed by atoms with E-state index in [-0.39, 0.29) is 18.9 Å². The van der Waals surface area contributed by atoms with Crippen LogP contribution < -0.4 is 0 Å². The molecule has 0 aliphatic heterocycles. The van der Waals surface area contributed by atoms with Gasteiger partial charge in [-0.1, -0.05) is 74.0 Å². The SMILES string of the molecule is CCCC(c1ccccc1)c1ccccc1.[LiH]. The molecule has 0 saturated heterocycles. The van der Waals surface area contributed by atoms with Gasteiger partial charge in [-0.3, -0.25) is 0 Å². The third kappa shape index (κ3) is 3.77. The fraction of sp³-hybridized carbons (Fsp3) is 0.250. The number of benzene rings is 2. The topological polar surface area (TPSA) is 0 Å². The summed E-state index contributed by atoms with van der Waals surface area (Å²) >= 11 is 0. The molecule has 0 fully saturated rings. The van der Waals surface area contributed by atoms with Gasteiger partial charge in [0.15, 0.2) is 0 Å². The minimum atomic E-state index is 0. The van der Waals surface area contributed by atoms with Gasteiger partial charge in [-0.25, -0.2) is 0 Å². The molecule has 0 aliphatic carbocycles. The third-order valence-electron chi connectivity index (χ3n) is 2.98. The molecule has 0 N–H and O–H groups in total. The average molecular weight is 218 g/mol. The summed E-state index contributed by atoms with van der Waals surface area (Å²) in [6.07, 6.45) is 2.43. The van der Waals surface area contributed by atoms with E-state index in [1.807, 2.05) is 0 Å². The molecule has 2 aromatic carbocycles. The quantitative estimate of drug-likeness (QED) is 0.681. The van der Waals surface area contributed by atoms with Crippen LogP contribution in [0.15, 0.2) is 60.7 Å². The van der Waals surface area contributed by atoms with Crippen LogP contribution in [0.4, 0.5) is 0 Å². The second-order valence-corrected chi connectivity index (χ2v) is 4.16. The third-order valence-corrected chi connectivity index (χ3v) is 2.98. The van der Waals surface area contributed by atoms with E-state index in [0.29, 0.717) is 5.92 Å². The van der Waals surface area contributed by atoms with Crippen molar-refractivity contribution in [3.8, 4) is 0 Å². The van der Waals surface area contributed by atoms with Gasteiger partial charge in [-0.05, 0) is 17.5 Å². The van der Waals surface area contributed by atoms with E-state index in [1.54, 1.807) is 0 Å². The van der Waals surface area contributed by atoms with E-state index in [2.05, 4.69) is 67.6 Å². The normalized spacial score (nSPS) is 10.0. The molecule has 0 amide bonds. The van der Waals surface area contributed by atoms with Crippen LogP contribution in [0.2, 0.25) is 0 Å². The molecule has 17 heavy (non-hydrogen) atoms. The van der Waals surface area contributed by atoms with Crippen LogP contribution in [0, 0.1) is 0 Å². The number of hydrogen-bond donors (Lipinski definition) is 0. The van der Waals surface area contributed by atoms with Crippen LogP contribution in [0.1, 0.15) is 36.8 Å². The molecular weight excluding hydrogens is 199 g/mol. The monoisotopic (exact) mass is 218 g/mol. The zero-order chi connectivity index (χ0) is 11.2. The Morgan fingerprint density at radius 1 is 0.765 bits per heavy atom. The van der Waals surface area contributed by atoms with E-state index in [9.17, 15) is 0 Å². The Morgan fingerprint density at radius 3 is 1.53 bits per heavy atom. The van der Waals surface area contributed by atoms with Gasteiger partial charge in [0.05, 0.1) is 0 Å². The van der Waals surface area contributed by atoms with Crippen LogP contribution in [0.5, 0.6) is 0 Å². The van der Waals surface area contributed by atoms with Gasteiger partial charge < -0.3 is 0 Å². The van der Waals surface area contributed by atoms with Gasteiger partial charge in [0.1, 0.15) is 0 Å². The molecule has 0 aliphatic rings. The first kappa shape index (κ1) is 14.1. The molecule has 0 heterocycles. The first-order valence-corrected chi connectivity index (χ1v) is 6.01. The molecule has 0 saturated carbocycles. The molecular formula is C16H19Li. The van der Waals surface area contributed by atoms with Gasteiger partial charge in [0, 0.05) is 5.92 Å². The first-order chi connectivity index (χ1) is 7.92. The molecule has 0 bridgehead atoms. The zero-order valence-corrected chi connectivity index (χ0v) is 9.77. The summed E-state index contributed by atoms with van der Waals surface area (Å²) in [4.78, 5) is 0. The van der Waals surface area contributed by atoms with E-state index < -0.39 is 0 Å². The van der Waals surface area contributed by atoms with Crippen LogP contribution in [-0.2, 0) is 0 Å². The van der Waals surface area contributed by atoms with Crippen molar-refractivity contribution in [2.24, 2.45) is 0 Å². The van der Waals surface area contributed by atoms with Gasteiger partial charge in [0.2, 0.25) is 0 Å². The summed E-state index contributed by atoms with van der Waals surface area (Å²) in [5.41, 5.74) is 2.85. The molecule has 0 radical (unpaired) electrons. The summed E-state index contributed by atoms with van der Waals surface area (Å²) < 4.78 is 0. The summed E-state index contributed by atoms with van der Waals surface area (Å²) in [6, 6.07) is 21.6. The summed E-state index contributed by atoms with van der Waals surface area (Å²) in [5, 5.41) is 0. The van der Waals surface area contributed by atoms with Crippen molar-refractivity contribution < 1.29 is 0 Å². The van der Waals surface area contributed by atoms with Crippen molar-refractivity contribution >= 4 is 18.9 Å². The molecule has 0 spiro atoms. The van der Waals surface area contributed by atoms with Crippen molar-refractivity contribution in [2.45, 2.75) is 25.7 Å². The molecule has 84 valence electrons. The van der Waals surface area contributed by atoms with Crippen molar-refractivity contribution in [3.63, 3.8) is 0 Å². The Balaban J connectivity index is 0.00000144. The molecule has 0 aromatic heterocycles. The molecule has 0 unspecified atom stereocenters. The van der Waals surface area contributed by atoms with Crippen LogP contribution in [-0.4, -0.2) is 18.9 Å². The van der Waals surface area contributed by atoms with Gasteiger partial charge >= 0.3 is 18.9 Å². The molecule has 1 heteroatoms. The fourth-order valence-electron chi connectivity index (χ4n) is 2.19. The maximum atomic E-state index is 2.25. The predicted molar refractivity (Wildman–Crippen MR) is 76.8 cm³/mol. The maximum absolute atomic E-state index is 2.25. The van der Waals surface area contributed by atoms with Crippen molar-refractivity contribution in [1.82, 2.24) is 0 Å². The van der Waals surface area contributed by atoms with Crippen molar-refractivity contribution in [1.29, 1.82) is 0 Å². The van der Waals surface area contributed by atoms with E-state index >= 15 is 0 Å². The summed E-state index contributed by atoms with van der Waals surface area (Å²) in [6.45, 7) is 2.25. The molecule has 0 atom stereocenters.